The van der Waals surface area contributed by atoms with Gasteiger partial charge in [0.1, 0.15) is 13.2 Å². The van der Waals surface area contributed by atoms with Crippen molar-refractivity contribution in [2.45, 2.75) is 19.4 Å². The number of nitrogens with one attached hydrogen (secondary N) is 1. The predicted octanol–water partition coefficient (Wildman–Crippen LogP) is 1.30. The maximum Gasteiger partial charge on any atom is 0.251 e. The third-order valence-corrected chi connectivity index (χ3v) is 4.35. The molecule has 0 unspecified atom stereocenters. The number of amides is 1. The van der Waals surface area contributed by atoms with Crippen LogP contribution in [-0.2, 0) is 4.74 Å². The third kappa shape index (κ3) is 3.76. The molecule has 1 amide bonds. The lowest BCUT2D eigenvalue weighted by Gasteiger charge is -2.40. The summed E-state index contributed by atoms with van der Waals surface area (Å²) in [6.45, 7) is 9.22. The third-order valence-electron chi connectivity index (χ3n) is 4.35. The standard InChI is InChI=1S/C17H24N2O4/c1-17(2,19-5-7-21-8-6-19)12-18-16(20)13-3-4-14-15(11-13)23-10-9-22-14/h3-4,11H,5-10,12H2,1-2H3,(H,18,20). The van der Waals surface area contributed by atoms with Crippen molar-refractivity contribution in [3.05, 3.63) is 23.8 Å². The van der Waals surface area contributed by atoms with Crippen molar-refractivity contribution in [3.63, 3.8) is 0 Å². The first-order valence-electron chi connectivity index (χ1n) is 8.07. The number of nitrogens with zero attached hydrogens (tertiary/aromatic N) is 1. The van der Waals surface area contributed by atoms with E-state index < -0.39 is 0 Å². The molecular formula is C17H24N2O4. The van der Waals surface area contributed by atoms with Crippen LogP contribution >= 0.6 is 0 Å². The monoisotopic (exact) mass is 320 g/mol. The van der Waals surface area contributed by atoms with Gasteiger partial charge in [0.05, 0.1) is 13.2 Å². The van der Waals surface area contributed by atoms with Gasteiger partial charge in [-0.3, -0.25) is 9.69 Å². The number of hydrogen-bond acceptors (Lipinski definition) is 5. The summed E-state index contributed by atoms with van der Waals surface area (Å²) >= 11 is 0. The number of hydrogen-bond donors (Lipinski definition) is 1. The summed E-state index contributed by atoms with van der Waals surface area (Å²) in [4.78, 5) is 14.8. The van der Waals surface area contributed by atoms with Gasteiger partial charge in [0.15, 0.2) is 11.5 Å². The Labute approximate surface area is 136 Å². The molecule has 2 aliphatic heterocycles. The molecule has 1 aromatic carbocycles. The minimum absolute atomic E-state index is 0.0942. The fraction of sp³-hybridized carbons (Fsp3) is 0.588. The first kappa shape index (κ1) is 16.1. The van der Waals surface area contributed by atoms with Gasteiger partial charge < -0.3 is 19.5 Å². The molecule has 2 aliphatic rings. The van der Waals surface area contributed by atoms with Crippen molar-refractivity contribution in [1.82, 2.24) is 10.2 Å². The molecule has 0 bridgehead atoms. The second-order valence-corrected chi connectivity index (χ2v) is 6.45. The highest BCUT2D eigenvalue weighted by atomic mass is 16.6. The zero-order chi connectivity index (χ0) is 16.3. The molecule has 0 atom stereocenters. The Bertz CT molecular complexity index is 568. The van der Waals surface area contributed by atoms with E-state index in [1.807, 2.05) is 0 Å². The van der Waals surface area contributed by atoms with E-state index in [1.165, 1.54) is 0 Å². The van der Waals surface area contributed by atoms with Crippen LogP contribution in [0.15, 0.2) is 18.2 Å². The van der Waals surface area contributed by atoms with E-state index in [2.05, 4.69) is 24.1 Å². The van der Waals surface area contributed by atoms with Gasteiger partial charge in [-0.15, -0.1) is 0 Å². The summed E-state index contributed by atoms with van der Waals surface area (Å²) in [7, 11) is 0. The number of carbonyl (C=O) groups excluding carboxylic acids is 1. The maximum atomic E-state index is 12.4. The van der Waals surface area contributed by atoms with Crippen LogP contribution in [0.25, 0.3) is 0 Å². The molecule has 23 heavy (non-hydrogen) atoms. The Kier molecular flexibility index (Phi) is 4.73. The molecule has 6 heteroatoms. The van der Waals surface area contributed by atoms with Gasteiger partial charge in [-0.1, -0.05) is 0 Å². The first-order chi connectivity index (χ1) is 11.1. The van der Waals surface area contributed by atoms with Gasteiger partial charge in [0.2, 0.25) is 0 Å². The average molecular weight is 320 g/mol. The quantitative estimate of drug-likeness (QED) is 0.906. The lowest BCUT2D eigenvalue weighted by atomic mass is 10.0. The zero-order valence-corrected chi connectivity index (χ0v) is 13.8. The van der Waals surface area contributed by atoms with Crippen molar-refractivity contribution in [2.24, 2.45) is 0 Å². The highest BCUT2D eigenvalue weighted by Crippen LogP contribution is 2.30. The van der Waals surface area contributed by atoms with E-state index in [-0.39, 0.29) is 11.4 Å². The summed E-state index contributed by atoms with van der Waals surface area (Å²) < 4.78 is 16.4. The van der Waals surface area contributed by atoms with Crippen LogP contribution in [0.3, 0.4) is 0 Å². The SMILES string of the molecule is CC(C)(CNC(=O)c1ccc2c(c1)OCCO2)N1CCOCC1. The molecule has 0 aliphatic carbocycles. The predicted molar refractivity (Wildman–Crippen MR) is 86.2 cm³/mol. The molecule has 1 aromatic rings. The summed E-state index contributed by atoms with van der Waals surface area (Å²) in [6.07, 6.45) is 0. The van der Waals surface area contributed by atoms with E-state index in [1.54, 1.807) is 18.2 Å². The summed E-state index contributed by atoms with van der Waals surface area (Å²) in [5, 5.41) is 3.03. The van der Waals surface area contributed by atoms with Crippen molar-refractivity contribution in [3.8, 4) is 11.5 Å². The van der Waals surface area contributed by atoms with Gasteiger partial charge in [-0.25, -0.2) is 0 Å². The number of benzene rings is 1. The molecule has 1 saturated heterocycles. The highest BCUT2D eigenvalue weighted by Gasteiger charge is 2.28. The normalized spacial score (nSPS) is 18.5. The lowest BCUT2D eigenvalue weighted by molar-refractivity contribution is -0.00923. The van der Waals surface area contributed by atoms with E-state index in [4.69, 9.17) is 14.2 Å². The Morgan fingerprint density at radius 3 is 2.57 bits per heavy atom. The van der Waals surface area contributed by atoms with Crippen LogP contribution in [-0.4, -0.2) is 62.4 Å². The number of morpholine rings is 1. The topological polar surface area (TPSA) is 60.0 Å². The van der Waals surface area contributed by atoms with Crippen LogP contribution in [0.2, 0.25) is 0 Å². The van der Waals surface area contributed by atoms with Crippen molar-refractivity contribution >= 4 is 5.91 Å². The molecular weight excluding hydrogens is 296 g/mol. The lowest BCUT2D eigenvalue weighted by Crippen LogP contribution is -2.55. The smallest absolute Gasteiger partial charge is 0.251 e. The zero-order valence-electron chi connectivity index (χ0n) is 13.8. The highest BCUT2D eigenvalue weighted by molar-refractivity contribution is 5.94. The second kappa shape index (κ2) is 6.76. The van der Waals surface area contributed by atoms with Gasteiger partial charge in [0.25, 0.3) is 5.91 Å². The number of carbonyl (C=O) groups is 1. The molecule has 0 radical (unpaired) electrons. The largest absolute Gasteiger partial charge is 0.486 e. The fourth-order valence-electron chi connectivity index (χ4n) is 2.86. The molecule has 0 aromatic heterocycles. The van der Waals surface area contributed by atoms with Crippen LogP contribution in [0.1, 0.15) is 24.2 Å². The summed E-state index contributed by atoms with van der Waals surface area (Å²) in [5.41, 5.74) is 0.486. The van der Waals surface area contributed by atoms with E-state index in [0.29, 0.717) is 36.8 Å². The van der Waals surface area contributed by atoms with E-state index in [0.717, 1.165) is 26.3 Å². The molecule has 1 fully saturated rings. The number of rotatable bonds is 4. The molecule has 6 nitrogen and oxygen atoms in total. The Morgan fingerprint density at radius 2 is 1.83 bits per heavy atom. The molecule has 1 N–H and O–H groups in total. The Morgan fingerprint density at radius 1 is 1.13 bits per heavy atom. The van der Waals surface area contributed by atoms with Crippen molar-refractivity contribution in [2.75, 3.05) is 46.1 Å². The van der Waals surface area contributed by atoms with Crippen LogP contribution in [0, 0.1) is 0 Å². The van der Waals surface area contributed by atoms with E-state index >= 15 is 0 Å². The van der Waals surface area contributed by atoms with Crippen molar-refractivity contribution in [1.29, 1.82) is 0 Å². The second-order valence-electron chi connectivity index (χ2n) is 6.45. The molecule has 3 rings (SSSR count). The minimum atomic E-state index is -0.104. The van der Waals surface area contributed by atoms with Gasteiger partial charge >= 0.3 is 0 Å². The van der Waals surface area contributed by atoms with Crippen LogP contribution < -0.4 is 14.8 Å². The van der Waals surface area contributed by atoms with Crippen LogP contribution in [0.5, 0.6) is 11.5 Å². The molecule has 2 heterocycles. The van der Waals surface area contributed by atoms with Crippen LogP contribution in [0.4, 0.5) is 0 Å². The Balaban J connectivity index is 1.60. The van der Waals surface area contributed by atoms with Gasteiger partial charge in [-0.2, -0.15) is 0 Å². The fourth-order valence-corrected chi connectivity index (χ4v) is 2.86. The van der Waals surface area contributed by atoms with Gasteiger partial charge in [0, 0.05) is 30.7 Å². The van der Waals surface area contributed by atoms with E-state index in [9.17, 15) is 4.79 Å². The summed E-state index contributed by atoms with van der Waals surface area (Å²) in [5.74, 6) is 1.24. The van der Waals surface area contributed by atoms with Crippen molar-refractivity contribution < 1.29 is 19.0 Å². The molecule has 0 saturated carbocycles. The molecule has 0 spiro atoms. The number of fused-ring (bicyclic) bond motifs is 1. The minimum Gasteiger partial charge on any atom is -0.486 e. The first-order valence-corrected chi connectivity index (χ1v) is 8.07. The van der Waals surface area contributed by atoms with Gasteiger partial charge in [-0.05, 0) is 32.0 Å². The molecule has 126 valence electrons. The maximum absolute atomic E-state index is 12.4. The average Bonchev–Trinajstić information content (AvgIpc) is 2.60. The Hall–Kier alpha value is -1.79. The summed E-state index contributed by atoms with van der Waals surface area (Å²) in [6, 6.07) is 5.30. The number of ether oxygens (including phenoxy) is 3.